The van der Waals surface area contributed by atoms with Gasteiger partial charge in [-0.05, 0) is 24.8 Å². The van der Waals surface area contributed by atoms with E-state index in [1.807, 2.05) is 25.3 Å². The maximum atomic E-state index is 12.3. The van der Waals surface area contributed by atoms with Gasteiger partial charge in [-0.25, -0.2) is 4.98 Å². The molecule has 0 spiro atoms. The number of rotatable bonds is 5. The molecule has 1 amide bonds. The lowest BCUT2D eigenvalue weighted by Crippen LogP contribution is -2.25. The Morgan fingerprint density at radius 1 is 1.45 bits per heavy atom. The lowest BCUT2D eigenvalue weighted by molar-refractivity contribution is 0.0946. The van der Waals surface area contributed by atoms with Crippen LogP contribution in [0.4, 0.5) is 0 Å². The molecule has 0 radical (unpaired) electrons. The molecule has 0 aliphatic heterocycles. The monoisotopic (exact) mass is 338 g/mol. The number of nitrogens with one attached hydrogen (secondary N) is 1. The number of halogens is 1. The number of thioether (sulfide) groups is 1. The zero-order valence-electron chi connectivity index (χ0n) is 12.4. The van der Waals surface area contributed by atoms with Crippen molar-refractivity contribution in [3.63, 3.8) is 0 Å². The van der Waals surface area contributed by atoms with Gasteiger partial charge in [-0.3, -0.25) is 9.78 Å². The normalized spacial score (nSPS) is 10.4. The molecular weight excluding hydrogens is 324 g/mol. The largest absolute Gasteiger partial charge is 0.480 e. The number of hydrogen-bond acceptors (Lipinski definition) is 6. The van der Waals surface area contributed by atoms with Crippen molar-refractivity contribution < 1.29 is 9.53 Å². The number of ether oxygens (including phenoxy) is 1. The first-order valence-corrected chi connectivity index (χ1v) is 8.01. The number of carbonyl (C=O) groups excluding carboxylic acids is 1. The summed E-state index contributed by atoms with van der Waals surface area (Å²) in [4.78, 5) is 24.7. The topological polar surface area (TPSA) is 77.0 Å². The van der Waals surface area contributed by atoms with Crippen molar-refractivity contribution in [2.24, 2.45) is 0 Å². The number of aromatic nitrogens is 3. The highest BCUT2D eigenvalue weighted by Crippen LogP contribution is 2.25. The van der Waals surface area contributed by atoms with E-state index in [1.54, 1.807) is 6.20 Å². The van der Waals surface area contributed by atoms with Crippen molar-refractivity contribution in [3.05, 3.63) is 40.3 Å². The predicted octanol–water partition coefficient (Wildman–Crippen LogP) is 2.49. The van der Waals surface area contributed by atoms with Crippen molar-refractivity contribution in [2.75, 3.05) is 13.4 Å². The minimum atomic E-state index is -0.391. The van der Waals surface area contributed by atoms with Crippen LogP contribution in [0.25, 0.3) is 0 Å². The van der Waals surface area contributed by atoms with Gasteiger partial charge in [0, 0.05) is 18.4 Å². The molecule has 0 bridgehead atoms. The zero-order valence-corrected chi connectivity index (χ0v) is 14.0. The summed E-state index contributed by atoms with van der Waals surface area (Å²) in [5, 5.41) is 3.29. The van der Waals surface area contributed by atoms with Crippen LogP contribution in [0.3, 0.4) is 0 Å². The second kappa shape index (κ2) is 7.42. The van der Waals surface area contributed by atoms with Crippen LogP contribution < -0.4 is 10.1 Å². The van der Waals surface area contributed by atoms with Gasteiger partial charge in [-0.15, -0.1) is 0 Å². The lowest BCUT2D eigenvalue weighted by atomic mass is 10.2. The number of carbonyl (C=O) groups is 1. The first-order chi connectivity index (χ1) is 10.6. The molecule has 2 aromatic heterocycles. The summed E-state index contributed by atoms with van der Waals surface area (Å²) in [6, 6.07) is 3.72. The van der Waals surface area contributed by atoms with Crippen molar-refractivity contribution in [1.29, 1.82) is 0 Å². The Morgan fingerprint density at radius 2 is 2.23 bits per heavy atom. The minimum absolute atomic E-state index is 0.0663. The molecule has 1 N–H and O–H groups in total. The number of aryl methyl sites for hydroxylation is 1. The van der Waals surface area contributed by atoms with Crippen LogP contribution in [0.1, 0.15) is 21.6 Å². The van der Waals surface area contributed by atoms with E-state index in [9.17, 15) is 4.79 Å². The average Bonchev–Trinajstić information content (AvgIpc) is 2.52. The quantitative estimate of drug-likeness (QED) is 0.513. The van der Waals surface area contributed by atoms with Crippen molar-refractivity contribution in [2.45, 2.75) is 18.6 Å². The first kappa shape index (κ1) is 16.5. The van der Waals surface area contributed by atoms with Crippen LogP contribution in [0.5, 0.6) is 5.88 Å². The van der Waals surface area contributed by atoms with Crippen LogP contribution in [-0.4, -0.2) is 34.2 Å². The third kappa shape index (κ3) is 3.66. The molecule has 2 aromatic rings. The molecule has 0 aliphatic carbocycles. The van der Waals surface area contributed by atoms with Gasteiger partial charge in [0.1, 0.15) is 10.7 Å². The molecule has 2 rings (SSSR count). The summed E-state index contributed by atoms with van der Waals surface area (Å²) in [7, 11) is 1.44. The molecule has 8 heteroatoms. The van der Waals surface area contributed by atoms with Gasteiger partial charge in [0.2, 0.25) is 5.88 Å². The Bertz CT molecular complexity index is 697. The Kier molecular flexibility index (Phi) is 5.57. The molecule has 0 saturated carbocycles. The van der Waals surface area contributed by atoms with Crippen molar-refractivity contribution in [3.8, 4) is 5.88 Å². The summed E-state index contributed by atoms with van der Waals surface area (Å²) in [5.74, 6) is -0.234. The van der Waals surface area contributed by atoms with Gasteiger partial charge < -0.3 is 10.1 Å². The van der Waals surface area contributed by atoms with Gasteiger partial charge in [0.25, 0.3) is 5.91 Å². The highest BCUT2D eigenvalue weighted by Gasteiger charge is 2.20. The molecule has 22 heavy (non-hydrogen) atoms. The molecule has 0 aliphatic rings. The molecule has 116 valence electrons. The number of hydrogen-bond donors (Lipinski definition) is 1. The van der Waals surface area contributed by atoms with Crippen LogP contribution >= 0.6 is 23.4 Å². The van der Waals surface area contributed by atoms with Gasteiger partial charge >= 0.3 is 0 Å². The van der Waals surface area contributed by atoms with E-state index < -0.39 is 5.91 Å². The maximum Gasteiger partial charge on any atom is 0.260 e. The average molecular weight is 339 g/mol. The predicted molar refractivity (Wildman–Crippen MR) is 85.5 cm³/mol. The number of nitrogens with zero attached hydrogens (tertiary/aromatic N) is 3. The fourth-order valence-corrected chi connectivity index (χ4v) is 2.45. The smallest absolute Gasteiger partial charge is 0.260 e. The van der Waals surface area contributed by atoms with Crippen molar-refractivity contribution >= 4 is 29.3 Å². The van der Waals surface area contributed by atoms with Gasteiger partial charge in [0.05, 0.1) is 7.11 Å². The number of methoxy groups -OCH3 is 1. The molecule has 0 unspecified atom stereocenters. The fraction of sp³-hybridized carbons (Fsp3) is 0.286. The van der Waals surface area contributed by atoms with Gasteiger partial charge in [-0.2, -0.15) is 4.98 Å². The summed E-state index contributed by atoms with van der Waals surface area (Å²) in [5.41, 5.74) is 1.91. The Labute approximate surface area is 137 Å². The van der Waals surface area contributed by atoms with Crippen molar-refractivity contribution in [1.82, 2.24) is 20.3 Å². The SMILES string of the molecule is COc1nc(SC)nc(Cl)c1C(=O)NCc1cccnc1C. The van der Waals surface area contributed by atoms with E-state index in [0.29, 0.717) is 11.7 Å². The minimum Gasteiger partial charge on any atom is -0.480 e. The standard InChI is InChI=1S/C14H15ClN4O2S/c1-8-9(5-4-6-16-8)7-17-12(20)10-11(15)18-14(22-3)19-13(10)21-2/h4-6H,7H2,1-3H3,(H,17,20). The summed E-state index contributed by atoms with van der Waals surface area (Å²) < 4.78 is 5.14. The van der Waals surface area contributed by atoms with Gasteiger partial charge in [-0.1, -0.05) is 29.4 Å². The summed E-state index contributed by atoms with van der Waals surface area (Å²) in [6.07, 6.45) is 3.52. The van der Waals surface area contributed by atoms with E-state index >= 15 is 0 Å². The second-order valence-electron chi connectivity index (χ2n) is 4.32. The number of pyridine rings is 1. The third-order valence-electron chi connectivity index (χ3n) is 2.97. The molecule has 0 fully saturated rings. The summed E-state index contributed by atoms with van der Waals surface area (Å²) >= 11 is 7.40. The van der Waals surface area contributed by atoms with Gasteiger partial charge in [0.15, 0.2) is 5.16 Å². The molecule has 6 nitrogen and oxygen atoms in total. The number of amides is 1. The highest BCUT2D eigenvalue weighted by atomic mass is 35.5. The Hall–Kier alpha value is -1.86. The van der Waals surface area contributed by atoms with E-state index in [2.05, 4.69) is 20.3 Å². The van der Waals surface area contributed by atoms with E-state index in [4.69, 9.17) is 16.3 Å². The Balaban J connectivity index is 2.21. The Morgan fingerprint density at radius 3 is 2.86 bits per heavy atom. The van der Waals surface area contributed by atoms with Crippen LogP contribution in [0.15, 0.2) is 23.5 Å². The third-order valence-corrected chi connectivity index (χ3v) is 3.79. The van der Waals surface area contributed by atoms with E-state index in [1.165, 1.54) is 18.9 Å². The van der Waals surface area contributed by atoms with Crippen LogP contribution in [0.2, 0.25) is 5.15 Å². The molecule has 0 atom stereocenters. The van der Waals surface area contributed by atoms with Crippen LogP contribution in [0, 0.1) is 6.92 Å². The maximum absolute atomic E-state index is 12.3. The second-order valence-corrected chi connectivity index (χ2v) is 5.45. The van der Waals surface area contributed by atoms with Crippen LogP contribution in [-0.2, 0) is 6.54 Å². The molecule has 0 aromatic carbocycles. The first-order valence-electron chi connectivity index (χ1n) is 6.41. The van der Waals surface area contributed by atoms with E-state index in [-0.39, 0.29) is 16.6 Å². The summed E-state index contributed by atoms with van der Waals surface area (Å²) in [6.45, 7) is 2.22. The fourth-order valence-electron chi connectivity index (χ4n) is 1.79. The zero-order chi connectivity index (χ0) is 16.1. The molecular formula is C14H15ClN4O2S. The van der Waals surface area contributed by atoms with E-state index in [0.717, 1.165) is 11.3 Å². The molecule has 2 heterocycles. The highest BCUT2D eigenvalue weighted by molar-refractivity contribution is 7.98. The lowest BCUT2D eigenvalue weighted by Gasteiger charge is -2.11. The molecule has 0 saturated heterocycles.